The number of nitrogens with zero attached hydrogens (tertiary/aromatic N) is 2. The Hall–Kier alpha value is -2.14. The Bertz CT molecular complexity index is 710. The average molecular weight is 272 g/mol. The van der Waals surface area contributed by atoms with Gasteiger partial charge in [-0.1, -0.05) is 48.5 Å². The van der Waals surface area contributed by atoms with Crippen LogP contribution in [0.1, 0.15) is 5.56 Å². The first kappa shape index (κ1) is 11.9. The number of anilines is 1. The Balaban J connectivity index is 2.04. The molecule has 2 aromatic carbocycles. The van der Waals surface area contributed by atoms with E-state index in [-0.39, 0.29) is 5.75 Å². The summed E-state index contributed by atoms with van der Waals surface area (Å²) in [6.45, 7) is 0. The summed E-state index contributed by atoms with van der Waals surface area (Å²) in [5.74, 6) is -0.0636. The minimum atomic E-state index is -3.41. The summed E-state index contributed by atoms with van der Waals surface area (Å²) in [4.78, 5) is 0. The lowest BCUT2D eigenvalue weighted by molar-refractivity contribution is 0.598. The van der Waals surface area contributed by atoms with Crippen molar-refractivity contribution in [3.05, 3.63) is 66.2 Å². The molecule has 0 saturated heterocycles. The fraction of sp³-hybridized carbons (Fsp3) is 0.0714. The molecule has 0 aliphatic carbocycles. The van der Waals surface area contributed by atoms with E-state index in [0.717, 1.165) is 9.98 Å². The SMILES string of the molecule is O=S1(=O)CC(c2ccccc2)=NN1c1ccccc1. The van der Waals surface area contributed by atoms with E-state index in [9.17, 15) is 8.42 Å². The molecule has 4 nitrogen and oxygen atoms in total. The molecular weight excluding hydrogens is 260 g/mol. The van der Waals surface area contributed by atoms with Gasteiger partial charge < -0.3 is 0 Å². The molecule has 1 aliphatic heterocycles. The molecule has 1 aliphatic rings. The third kappa shape index (κ3) is 2.24. The zero-order valence-corrected chi connectivity index (χ0v) is 10.9. The smallest absolute Gasteiger partial charge is 0.204 e. The highest BCUT2D eigenvalue weighted by atomic mass is 32.2. The first-order valence-corrected chi connectivity index (χ1v) is 7.49. The largest absolute Gasteiger partial charge is 0.260 e. The second kappa shape index (κ2) is 4.51. The predicted molar refractivity (Wildman–Crippen MR) is 75.7 cm³/mol. The first-order chi connectivity index (χ1) is 9.17. The average Bonchev–Trinajstić information content (AvgIpc) is 2.77. The predicted octanol–water partition coefficient (Wildman–Crippen LogP) is 2.24. The van der Waals surface area contributed by atoms with Gasteiger partial charge in [-0.2, -0.15) is 9.52 Å². The van der Waals surface area contributed by atoms with Crippen LogP contribution in [0.25, 0.3) is 0 Å². The van der Waals surface area contributed by atoms with Gasteiger partial charge in [-0.05, 0) is 17.7 Å². The molecule has 0 atom stereocenters. The number of benzene rings is 2. The number of para-hydroxylation sites is 1. The molecule has 0 spiro atoms. The molecule has 0 N–H and O–H groups in total. The molecule has 0 amide bonds. The van der Waals surface area contributed by atoms with Crippen LogP contribution >= 0.6 is 0 Å². The van der Waals surface area contributed by atoms with Gasteiger partial charge in [-0.3, -0.25) is 0 Å². The normalized spacial score (nSPS) is 17.3. The summed E-state index contributed by atoms with van der Waals surface area (Å²) < 4.78 is 25.4. The van der Waals surface area contributed by atoms with Gasteiger partial charge in [0.2, 0.25) is 0 Å². The van der Waals surface area contributed by atoms with Crippen LogP contribution in [-0.2, 0) is 10.0 Å². The topological polar surface area (TPSA) is 49.7 Å². The van der Waals surface area contributed by atoms with Gasteiger partial charge in [0.25, 0.3) is 10.0 Å². The molecule has 0 aromatic heterocycles. The number of sulfonamides is 1. The Morgan fingerprint density at radius 1 is 0.895 bits per heavy atom. The number of hydrazone groups is 1. The molecule has 0 bridgehead atoms. The lowest BCUT2D eigenvalue weighted by atomic mass is 10.1. The van der Waals surface area contributed by atoms with Crippen molar-refractivity contribution in [1.82, 2.24) is 0 Å². The fourth-order valence-electron chi connectivity index (χ4n) is 1.98. The molecule has 5 heteroatoms. The third-order valence-electron chi connectivity index (χ3n) is 2.88. The van der Waals surface area contributed by atoms with Gasteiger partial charge in [-0.25, -0.2) is 8.42 Å². The third-order valence-corrected chi connectivity index (χ3v) is 4.34. The maximum absolute atomic E-state index is 12.2. The van der Waals surface area contributed by atoms with Crippen LogP contribution in [0.5, 0.6) is 0 Å². The van der Waals surface area contributed by atoms with E-state index in [1.807, 2.05) is 36.4 Å². The molecule has 96 valence electrons. The van der Waals surface area contributed by atoms with E-state index in [0.29, 0.717) is 11.4 Å². The van der Waals surface area contributed by atoms with Crippen LogP contribution in [-0.4, -0.2) is 19.9 Å². The van der Waals surface area contributed by atoms with E-state index in [1.165, 1.54) is 0 Å². The highest BCUT2D eigenvalue weighted by molar-refractivity contribution is 7.93. The maximum atomic E-state index is 12.2. The molecule has 0 fully saturated rings. The Labute approximate surface area is 112 Å². The minimum Gasteiger partial charge on any atom is -0.204 e. The van der Waals surface area contributed by atoms with E-state index in [4.69, 9.17) is 0 Å². The molecule has 19 heavy (non-hydrogen) atoms. The Morgan fingerprint density at radius 2 is 1.47 bits per heavy atom. The van der Waals surface area contributed by atoms with Crippen molar-refractivity contribution < 1.29 is 8.42 Å². The first-order valence-electron chi connectivity index (χ1n) is 5.88. The Kier molecular flexibility index (Phi) is 2.83. The van der Waals surface area contributed by atoms with Crippen LogP contribution < -0.4 is 4.41 Å². The molecule has 0 saturated carbocycles. The summed E-state index contributed by atoms with van der Waals surface area (Å²) in [5, 5.41) is 4.24. The second-order valence-electron chi connectivity index (χ2n) is 4.25. The fourth-order valence-corrected chi connectivity index (χ4v) is 3.34. The molecule has 3 rings (SSSR count). The zero-order valence-electron chi connectivity index (χ0n) is 10.1. The standard InChI is InChI=1S/C14H12N2O2S/c17-19(18)11-14(12-7-3-1-4-8-12)15-16(19)13-9-5-2-6-10-13/h1-10H,11H2. The minimum absolute atomic E-state index is 0.0636. The van der Waals surface area contributed by atoms with Crippen molar-refractivity contribution in [1.29, 1.82) is 0 Å². The van der Waals surface area contributed by atoms with E-state index in [1.54, 1.807) is 24.3 Å². The van der Waals surface area contributed by atoms with Gasteiger partial charge in [0, 0.05) is 0 Å². The van der Waals surface area contributed by atoms with Crippen molar-refractivity contribution in [2.24, 2.45) is 5.10 Å². The van der Waals surface area contributed by atoms with E-state index < -0.39 is 10.0 Å². The molecular formula is C14H12N2O2S. The number of rotatable bonds is 2. The van der Waals surface area contributed by atoms with Crippen LogP contribution in [0.2, 0.25) is 0 Å². The van der Waals surface area contributed by atoms with Crippen LogP contribution in [0, 0.1) is 0 Å². The van der Waals surface area contributed by atoms with Crippen molar-refractivity contribution in [2.45, 2.75) is 0 Å². The zero-order chi connectivity index (χ0) is 13.3. The maximum Gasteiger partial charge on any atom is 0.260 e. The summed E-state index contributed by atoms with van der Waals surface area (Å²) in [6.07, 6.45) is 0. The summed E-state index contributed by atoms with van der Waals surface area (Å²) >= 11 is 0. The van der Waals surface area contributed by atoms with Crippen LogP contribution in [0.4, 0.5) is 5.69 Å². The quantitative estimate of drug-likeness (QED) is 0.841. The summed E-state index contributed by atoms with van der Waals surface area (Å²) in [6, 6.07) is 18.2. The lowest BCUT2D eigenvalue weighted by Crippen LogP contribution is -2.22. The van der Waals surface area contributed by atoms with Gasteiger partial charge in [0.1, 0.15) is 5.75 Å². The van der Waals surface area contributed by atoms with Crippen molar-refractivity contribution in [2.75, 3.05) is 10.2 Å². The monoisotopic (exact) mass is 272 g/mol. The van der Waals surface area contributed by atoms with E-state index in [2.05, 4.69) is 5.10 Å². The van der Waals surface area contributed by atoms with Crippen molar-refractivity contribution in [3.63, 3.8) is 0 Å². The van der Waals surface area contributed by atoms with Gasteiger partial charge in [-0.15, -0.1) is 0 Å². The van der Waals surface area contributed by atoms with Crippen LogP contribution in [0.3, 0.4) is 0 Å². The van der Waals surface area contributed by atoms with Gasteiger partial charge >= 0.3 is 0 Å². The lowest BCUT2D eigenvalue weighted by Gasteiger charge is -2.12. The number of hydrogen-bond donors (Lipinski definition) is 0. The van der Waals surface area contributed by atoms with Crippen molar-refractivity contribution in [3.8, 4) is 0 Å². The molecule has 0 radical (unpaired) electrons. The Morgan fingerprint density at radius 3 is 2.11 bits per heavy atom. The summed E-state index contributed by atoms with van der Waals surface area (Å²) in [5.41, 5.74) is 1.97. The summed E-state index contributed by atoms with van der Waals surface area (Å²) in [7, 11) is -3.41. The molecule has 1 heterocycles. The highest BCUT2D eigenvalue weighted by Gasteiger charge is 2.31. The molecule has 2 aromatic rings. The highest BCUT2D eigenvalue weighted by Crippen LogP contribution is 2.24. The number of hydrogen-bond acceptors (Lipinski definition) is 3. The molecule has 0 unspecified atom stereocenters. The van der Waals surface area contributed by atoms with Gasteiger partial charge in [0.05, 0.1) is 11.4 Å². The van der Waals surface area contributed by atoms with Crippen molar-refractivity contribution >= 4 is 21.4 Å². The van der Waals surface area contributed by atoms with E-state index >= 15 is 0 Å². The second-order valence-corrected chi connectivity index (χ2v) is 6.05. The van der Waals surface area contributed by atoms with Gasteiger partial charge in [0.15, 0.2) is 0 Å². The van der Waals surface area contributed by atoms with Crippen LogP contribution in [0.15, 0.2) is 65.8 Å².